The van der Waals surface area contributed by atoms with Crippen LogP contribution in [0.25, 0.3) is 5.57 Å². The lowest BCUT2D eigenvalue weighted by Gasteiger charge is -2.37. The Morgan fingerprint density at radius 2 is 1.53 bits per heavy atom. The molecule has 1 saturated heterocycles. The topological polar surface area (TPSA) is 60.2 Å². The Balaban J connectivity index is 1.50. The van der Waals surface area contributed by atoms with Crippen LogP contribution in [-0.4, -0.2) is 46.9 Å². The second-order valence-electron chi connectivity index (χ2n) is 7.86. The first-order valence-electron chi connectivity index (χ1n) is 10.8. The molecule has 5 heteroatoms. The lowest BCUT2D eigenvalue weighted by Crippen LogP contribution is -2.49. The molecule has 1 unspecified atom stereocenters. The molecule has 0 spiro atoms. The van der Waals surface area contributed by atoms with Crippen molar-refractivity contribution in [1.82, 2.24) is 14.8 Å². The summed E-state index contributed by atoms with van der Waals surface area (Å²) in [6.45, 7) is 4.41. The zero-order valence-corrected chi connectivity index (χ0v) is 18.2. The summed E-state index contributed by atoms with van der Waals surface area (Å²) in [5.74, 6) is -0.00146. The maximum Gasteiger partial charge on any atom is 0.247 e. The Bertz CT molecular complexity index is 1090. The molecule has 1 atom stereocenters. The van der Waals surface area contributed by atoms with E-state index >= 15 is 0 Å². The van der Waals surface area contributed by atoms with Gasteiger partial charge in [-0.2, -0.15) is 5.26 Å². The van der Waals surface area contributed by atoms with E-state index in [-0.39, 0.29) is 11.9 Å². The number of aryl methyl sites for hydroxylation is 1. The molecule has 1 aromatic heterocycles. The van der Waals surface area contributed by atoms with Crippen LogP contribution in [-0.2, 0) is 4.79 Å². The van der Waals surface area contributed by atoms with Gasteiger partial charge in [0.05, 0.1) is 6.07 Å². The van der Waals surface area contributed by atoms with Gasteiger partial charge in [0, 0.05) is 49.7 Å². The first-order chi connectivity index (χ1) is 15.7. The predicted molar refractivity (Wildman–Crippen MR) is 125 cm³/mol. The van der Waals surface area contributed by atoms with Gasteiger partial charge in [0.2, 0.25) is 5.91 Å². The number of piperazine rings is 1. The molecule has 32 heavy (non-hydrogen) atoms. The Kier molecular flexibility index (Phi) is 6.74. The molecular weight excluding hydrogens is 396 g/mol. The highest BCUT2D eigenvalue weighted by Gasteiger charge is 2.27. The number of hydrogen-bond donors (Lipinski definition) is 0. The summed E-state index contributed by atoms with van der Waals surface area (Å²) in [6.07, 6.45) is 3.49. The molecule has 0 bridgehead atoms. The quantitative estimate of drug-likeness (QED) is 0.578. The van der Waals surface area contributed by atoms with Gasteiger partial charge < -0.3 is 4.90 Å². The predicted octanol–water partition coefficient (Wildman–Crippen LogP) is 4.23. The lowest BCUT2D eigenvalue weighted by atomic mass is 9.97. The molecular formula is C27H26N4O. The molecule has 3 aromatic rings. The first-order valence-corrected chi connectivity index (χ1v) is 10.8. The van der Waals surface area contributed by atoms with Crippen LogP contribution in [0.15, 0.2) is 85.1 Å². The molecule has 5 nitrogen and oxygen atoms in total. The summed E-state index contributed by atoms with van der Waals surface area (Å²) in [7, 11) is 0. The lowest BCUT2D eigenvalue weighted by molar-refractivity contribution is -0.127. The molecule has 160 valence electrons. The van der Waals surface area contributed by atoms with Crippen LogP contribution >= 0.6 is 0 Å². The number of amides is 1. The highest BCUT2D eigenvalue weighted by Crippen LogP contribution is 2.25. The highest BCUT2D eigenvalue weighted by atomic mass is 16.2. The van der Waals surface area contributed by atoms with Gasteiger partial charge in [-0.05, 0) is 29.7 Å². The van der Waals surface area contributed by atoms with E-state index in [1.165, 1.54) is 0 Å². The molecule has 0 radical (unpaired) electrons. The van der Waals surface area contributed by atoms with Crippen molar-refractivity contribution >= 4 is 11.5 Å². The van der Waals surface area contributed by atoms with E-state index in [0.29, 0.717) is 26.2 Å². The third kappa shape index (κ3) is 4.77. The molecule has 0 saturated carbocycles. The number of carbonyl (C=O) groups excluding carboxylic acids is 1. The van der Waals surface area contributed by atoms with E-state index in [0.717, 1.165) is 28.0 Å². The summed E-state index contributed by atoms with van der Waals surface area (Å²) in [6, 6.07) is 25.9. The fourth-order valence-corrected chi connectivity index (χ4v) is 4.12. The maximum atomic E-state index is 13.2. The minimum Gasteiger partial charge on any atom is -0.337 e. The molecule has 2 heterocycles. The van der Waals surface area contributed by atoms with Gasteiger partial charge in [0.15, 0.2) is 0 Å². The van der Waals surface area contributed by atoms with Gasteiger partial charge in [-0.15, -0.1) is 0 Å². The largest absolute Gasteiger partial charge is 0.337 e. The van der Waals surface area contributed by atoms with Crippen LogP contribution in [0.1, 0.15) is 28.4 Å². The third-order valence-electron chi connectivity index (χ3n) is 5.89. The van der Waals surface area contributed by atoms with Crippen molar-refractivity contribution in [2.24, 2.45) is 0 Å². The van der Waals surface area contributed by atoms with E-state index in [1.54, 1.807) is 12.3 Å². The number of nitriles is 1. The normalized spacial score (nSPS) is 14.9. The van der Waals surface area contributed by atoms with Crippen LogP contribution in [0.2, 0.25) is 0 Å². The highest BCUT2D eigenvalue weighted by molar-refractivity contribution is 5.99. The van der Waals surface area contributed by atoms with Gasteiger partial charge in [0.25, 0.3) is 0 Å². The number of nitrogens with zero attached hydrogens (tertiary/aromatic N) is 4. The van der Waals surface area contributed by atoms with Crippen LogP contribution in [0.5, 0.6) is 0 Å². The number of hydrogen-bond acceptors (Lipinski definition) is 4. The van der Waals surface area contributed by atoms with Gasteiger partial charge in [0.1, 0.15) is 6.04 Å². The molecule has 0 N–H and O–H groups in total. The SMILES string of the molecule is Cc1ncccc1C(C#N)N1CCN(C(=O)C=C(c2ccccc2)c2ccccc2)CC1. The second-order valence-corrected chi connectivity index (χ2v) is 7.86. The average molecular weight is 423 g/mol. The molecule has 1 amide bonds. The smallest absolute Gasteiger partial charge is 0.247 e. The second kappa shape index (κ2) is 10.0. The zero-order valence-electron chi connectivity index (χ0n) is 18.2. The van der Waals surface area contributed by atoms with E-state index < -0.39 is 0 Å². The van der Waals surface area contributed by atoms with Crippen molar-refractivity contribution in [3.63, 3.8) is 0 Å². The van der Waals surface area contributed by atoms with E-state index in [2.05, 4.69) is 16.0 Å². The van der Waals surface area contributed by atoms with Gasteiger partial charge in [-0.25, -0.2) is 0 Å². The number of aromatic nitrogens is 1. The number of pyridine rings is 1. The van der Waals surface area contributed by atoms with Crippen molar-refractivity contribution in [2.75, 3.05) is 26.2 Å². The maximum absolute atomic E-state index is 13.2. The van der Waals surface area contributed by atoms with Crippen molar-refractivity contribution in [2.45, 2.75) is 13.0 Å². The summed E-state index contributed by atoms with van der Waals surface area (Å²) in [4.78, 5) is 21.5. The van der Waals surface area contributed by atoms with Gasteiger partial charge >= 0.3 is 0 Å². The van der Waals surface area contributed by atoms with Gasteiger partial charge in [-0.3, -0.25) is 14.7 Å². The summed E-state index contributed by atoms with van der Waals surface area (Å²) in [5, 5.41) is 9.79. The molecule has 4 rings (SSSR count). The number of rotatable bonds is 5. The Hall–Kier alpha value is -3.75. The number of benzene rings is 2. The number of carbonyl (C=O) groups is 1. The summed E-state index contributed by atoms with van der Waals surface area (Å²) < 4.78 is 0. The molecule has 0 aliphatic carbocycles. The summed E-state index contributed by atoms with van der Waals surface area (Å²) >= 11 is 0. The third-order valence-corrected chi connectivity index (χ3v) is 5.89. The Morgan fingerprint density at radius 1 is 0.938 bits per heavy atom. The average Bonchev–Trinajstić information content (AvgIpc) is 2.85. The zero-order chi connectivity index (χ0) is 22.3. The minimum absolute atomic E-state index is 0.00146. The van der Waals surface area contributed by atoms with E-state index in [1.807, 2.05) is 84.6 Å². The van der Waals surface area contributed by atoms with Crippen LogP contribution < -0.4 is 0 Å². The minimum atomic E-state index is -0.347. The van der Waals surface area contributed by atoms with E-state index in [9.17, 15) is 10.1 Å². The molecule has 1 fully saturated rings. The Labute approximate surface area is 189 Å². The van der Waals surface area contributed by atoms with Crippen LogP contribution in [0, 0.1) is 18.3 Å². The molecule has 1 aliphatic heterocycles. The van der Waals surface area contributed by atoms with Crippen LogP contribution in [0.4, 0.5) is 0 Å². The van der Waals surface area contributed by atoms with E-state index in [4.69, 9.17) is 0 Å². The first kappa shape index (κ1) is 21.5. The van der Waals surface area contributed by atoms with Crippen molar-refractivity contribution in [3.05, 3.63) is 107 Å². The van der Waals surface area contributed by atoms with Gasteiger partial charge in [-0.1, -0.05) is 66.7 Å². The Morgan fingerprint density at radius 3 is 2.06 bits per heavy atom. The van der Waals surface area contributed by atoms with Crippen LogP contribution in [0.3, 0.4) is 0 Å². The molecule has 2 aromatic carbocycles. The summed E-state index contributed by atoms with van der Waals surface area (Å²) in [5.41, 5.74) is 4.75. The monoisotopic (exact) mass is 422 g/mol. The molecule has 1 aliphatic rings. The standard InChI is InChI=1S/C27H26N4O/c1-21-24(13-8-14-29-21)26(20-28)30-15-17-31(18-16-30)27(32)19-25(22-9-4-2-5-10-22)23-11-6-3-7-12-23/h2-14,19,26H,15-18H2,1H3. The van der Waals surface area contributed by atoms with Crippen molar-refractivity contribution in [3.8, 4) is 6.07 Å². The fourth-order valence-electron chi connectivity index (χ4n) is 4.12. The fraction of sp³-hybridized carbons (Fsp3) is 0.222. The van der Waals surface area contributed by atoms with Crippen molar-refractivity contribution < 1.29 is 4.79 Å². The van der Waals surface area contributed by atoms with Crippen molar-refractivity contribution in [1.29, 1.82) is 5.26 Å².